The Balaban J connectivity index is 2.67. The van der Waals surface area contributed by atoms with Crippen molar-refractivity contribution in [1.29, 1.82) is 0 Å². The molecule has 0 amide bonds. The Labute approximate surface area is 84.2 Å². The molecule has 0 fully saturated rings. The number of carbonyl (C=O) groups is 1. The highest BCUT2D eigenvalue weighted by atomic mass is 16.6. The number of hydrogen-bond donors (Lipinski definition) is 1. The number of carbonyl (C=O) groups excluding carboxylic acids is 1. The lowest BCUT2D eigenvalue weighted by Crippen LogP contribution is -2.16. The predicted molar refractivity (Wildman–Crippen MR) is 49.2 cm³/mol. The summed E-state index contributed by atoms with van der Waals surface area (Å²) in [6.07, 6.45) is 0.174. The molecule has 1 aromatic rings. The molecule has 0 saturated carbocycles. The van der Waals surface area contributed by atoms with Gasteiger partial charge >= 0.3 is 5.69 Å². The molecule has 0 spiro atoms. The van der Waals surface area contributed by atoms with Crippen LogP contribution in [0.5, 0.6) is 11.5 Å². The van der Waals surface area contributed by atoms with Gasteiger partial charge in [0.2, 0.25) is 5.75 Å². The Morgan fingerprint density at radius 1 is 1.47 bits per heavy atom. The molecule has 1 N–H and O–H groups in total. The van der Waals surface area contributed by atoms with Crippen LogP contribution in [0.3, 0.4) is 0 Å². The number of nitro groups is 1. The monoisotopic (exact) mass is 209 g/mol. The van der Waals surface area contributed by atoms with Crippen molar-refractivity contribution in [2.45, 2.75) is 6.42 Å². The molecule has 2 rings (SSSR count). The van der Waals surface area contributed by atoms with Crippen molar-refractivity contribution in [3.8, 4) is 11.5 Å². The summed E-state index contributed by atoms with van der Waals surface area (Å²) in [5.74, 6) is -0.608. The van der Waals surface area contributed by atoms with Crippen LogP contribution in [0.2, 0.25) is 0 Å². The van der Waals surface area contributed by atoms with Crippen molar-refractivity contribution >= 4 is 11.5 Å². The molecule has 15 heavy (non-hydrogen) atoms. The fourth-order valence-electron chi connectivity index (χ4n) is 1.47. The Morgan fingerprint density at radius 2 is 2.20 bits per heavy atom. The van der Waals surface area contributed by atoms with Crippen LogP contribution in [0.1, 0.15) is 16.8 Å². The van der Waals surface area contributed by atoms with E-state index in [1.165, 1.54) is 6.07 Å². The van der Waals surface area contributed by atoms with Crippen LogP contribution in [-0.4, -0.2) is 22.4 Å². The third-order valence-electron chi connectivity index (χ3n) is 2.13. The zero-order valence-electron chi connectivity index (χ0n) is 7.60. The second-order valence-electron chi connectivity index (χ2n) is 3.12. The molecule has 1 aliphatic heterocycles. The van der Waals surface area contributed by atoms with Crippen LogP contribution >= 0.6 is 0 Å². The van der Waals surface area contributed by atoms with Gasteiger partial charge in [-0.1, -0.05) is 0 Å². The van der Waals surface area contributed by atoms with Crippen LogP contribution in [-0.2, 0) is 0 Å². The van der Waals surface area contributed by atoms with Gasteiger partial charge in [0.25, 0.3) is 0 Å². The molecule has 1 aliphatic rings. The maximum absolute atomic E-state index is 11.4. The standard InChI is InChI=1S/C9H7NO5/c11-5-3-6-8(12)1-2-15-9(6)7(4-5)10(13)14/h3-4,11H,1-2H2. The molecule has 0 aliphatic carbocycles. The molecule has 78 valence electrons. The Morgan fingerprint density at radius 3 is 2.87 bits per heavy atom. The second-order valence-corrected chi connectivity index (χ2v) is 3.12. The maximum atomic E-state index is 11.4. The summed E-state index contributed by atoms with van der Waals surface area (Å²) in [6, 6.07) is 2.15. The first-order valence-corrected chi connectivity index (χ1v) is 4.27. The molecule has 6 heteroatoms. The van der Waals surface area contributed by atoms with E-state index in [4.69, 9.17) is 4.74 Å². The van der Waals surface area contributed by atoms with Crippen LogP contribution in [0.15, 0.2) is 12.1 Å². The van der Waals surface area contributed by atoms with Crippen molar-refractivity contribution in [1.82, 2.24) is 0 Å². The first-order chi connectivity index (χ1) is 7.09. The molecular formula is C9H7NO5. The van der Waals surface area contributed by atoms with Crippen LogP contribution in [0.4, 0.5) is 5.69 Å². The minimum Gasteiger partial charge on any atom is -0.508 e. The average Bonchev–Trinajstić information content (AvgIpc) is 2.18. The smallest absolute Gasteiger partial charge is 0.315 e. The maximum Gasteiger partial charge on any atom is 0.315 e. The van der Waals surface area contributed by atoms with Gasteiger partial charge in [0, 0.05) is 6.42 Å². The number of hydrogen-bond acceptors (Lipinski definition) is 5. The summed E-state index contributed by atoms with van der Waals surface area (Å²) in [5.41, 5.74) is -0.300. The van der Waals surface area contributed by atoms with Crippen LogP contribution < -0.4 is 4.74 Å². The van der Waals surface area contributed by atoms with Crippen LogP contribution in [0, 0.1) is 10.1 Å². The third kappa shape index (κ3) is 1.50. The van der Waals surface area contributed by atoms with Crippen molar-refractivity contribution in [2.24, 2.45) is 0 Å². The zero-order valence-corrected chi connectivity index (χ0v) is 7.60. The quantitative estimate of drug-likeness (QED) is 0.555. The van der Waals surface area contributed by atoms with Gasteiger partial charge in [0.15, 0.2) is 5.78 Å². The van der Waals surface area contributed by atoms with E-state index in [9.17, 15) is 20.0 Å². The second kappa shape index (κ2) is 3.23. The van der Waals surface area contributed by atoms with Gasteiger partial charge in [0.1, 0.15) is 5.75 Å². The van der Waals surface area contributed by atoms with E-state index < -0.39 is 4.92 Å². The van der Waals surface area contributed by atoms with Gasteiger partial charge in [-0.3, -0.25) is 14.9 Å². The predicted octanol–water partition coefficient (Wildman–Crippen LogP) is 1.27. The Bertz CT molecular complexity index is 437. The average molecular weight is 209 g/mol. The van der Waals surface area contributed by atoms with Gasteiger partial charge in [-0.2, -0.15) is 0 Å². The number of aromatic hydroxyl groups is 1. The number of nitrogens with zero attached hydrogens (tertiary/aromatic N) is 1. The van der Waals surface area contributed by atoms with Crippen molar-refractivity contribution in [3.05, 3.63) is 27.8 Å². The third-order valence-corrected chi connectivity index (χ3v) is 2.13. The number of nitro benzene ring substituents is 1. The van der Waals surface area contributed by atoms with Crippen molar-refractivity contribution in [3.63, 3.8) is 0 Å². The van der Waals surface area contributed by atoms with E-state index in [0.717, 1.165) is 6.07 Å². The summed E-state index contributed by atoms with van der Waals surface area (Å²) in [6.45, 7) is 0.136. The number of rotatable bonds is 1. The van der Waals surface area contributed by atoms with Gasteiger partial charge in [-0.15, -0.1) is 0 Å². The molecule has 0 unspecified atom stereocenters. The molecule has 0 atom stereocenters. The first-order valence-electron chi connectivity index (χ1n) is 4.27. The number of ether oxygens (including phenoxy) is 1. The molecule has 0 aromatic heterocycles. The minimum absolute atomic E-state index is 0.0472. The van der Waals surface area contributed by atoms with Gasteiger partial charge in [-0.05, 0) is 6.07 Å². The lowest BCUT2D eigenvalue weighted by atomic mass is 10.0. The van der Waals surface area contributed by atoms with E-state index in [2.05, 4.69) is 0 Å². The highest BCUT2D eigenvalue weighted by molar-refractivity contribution is 6.01. The lowest BCUT2D eigenvalue weighted by molar-refractivity contribution is -0.386. The molecule has 1 aromatic carbocycles. The lowest BCUT2D eigenvalue weighted by Gasteiger charge is -2.15. The molecular weight excluding hydrogens is 202 g/mol. The molecule has 0 radical (unpaired) electrons. The fourth-order valence-corrected chi connectivity index (χ4v) is 1.47. The van der Waals surface area contributed by atoms with Gasteiger partial charge < -0.3 is 9.84 Å². The van der Waals surface area contributed by atoms with Gasteiger partial charge in [-0.25, -0.2) is 0 Å². The fraction of sp³-hybridized carbons (Fsp3) is 0.222. The van der Waals surface area contributed by atoms with Crippen molar-refractivity contribution < 1.29 is 19.6 Å². The van der Waals surface area contributed by atoms with Crippen molar-refractivity contribution in [2.75, 3.05) is 6.61 Å². The molecule has 0 saturated heterocycles. The SMILES string of the molecule is O=C1CCOc2c1cc(O)cc2[N+](=O)[O-]. The summed E-state index contributed by atoms with van der Waals surface area (Å²) < 4.78 is 5.07. The molecule has 6 nitrogen and oxygen atoms in total. The number of phenolic OH excluding ortho intramolecular Hbond substituents is 1. The number of phenols is 1. The highest BCUT2D eigenvalue weighted by Crippen LogP contribution is 2.37. The minimum atomic E-state index is -0.683. The number of fused-ring (bicyclic) bond motifs is 1. The summed E-state index contributed by atoms with van der Waals surface area (Å²) >= 11 is 0. The number of benzene rings is 1. The Hall–Kier alpha value is -2.11. The Kier molecular flexibility index (Phi) is 2.03. The largest absolute Gasteiger partial charge is 0.508 e. The first kappa shape index (κ1) is 9.45. The topological polar surface area (TPSA) is 89.7 Å². The zero-order chi connectivity index (χ0) is 11.0. The summed E-state index contributed by atoms with van der Waals surface area (Å²) in [5, 5.41) is 19.9. The van der Waals surface area contributed by atoms with Crippen LogP contribution in [0.25, 0.3) is 0 Å². The summed E-state index contributed by atoms with van der Waals surface area (Å²) in [7, 11) is 0. The number of Topliss-reactive ketones (excluding diaryl/α,β-unsaturated/α-hetero) is 1. The highest BCUT2D eigenvalue weighted by Gasteiger charge is 2.28. The van der Waals surface area contributed by atoms with E-state index >= 15 is 0 Å². The van der Waals surface area contributed by atoms with Gasteiger partial charge in [0.05, 0.1) is 23.2 Å². The van der Waals surface area contributed by atoms with E-state index in [1.807, 2.05) is 0 Å². The van der Waals surface area contributed by atoms with E-state index in [0.29, 0.717) is 0 Å². The normalized spacial score (nSPS) is 14.3. The molecule has 0 bridgehead atoms. The molecule has 1 heterocycles. The number of ketones is 1. The van der Waals surface area contributed by atoms with E-state index in [1.54, 1.807) is 0 Å². The summed E-state index contributed by atoms with van der Waals surface area (Å²) in [4.78, 5) is 21.4. The van der Waals surface area contributed by atoms with E-state index in [-0.39, 0.29) is 41.6 Å².